The lowest BCUT2D eigenvalue weighted by atomic mass is 10.2. The summed E-state index contributed by atoms with van der Waals surface area (Å²) in [6.45, 7) is 3.59. The number of aromatic nitrogens is 1. The Kier molecular flexibility index (Phi) is 6.64. The second-order valence-corrected chi connectivity index (χ2v) is 5.78. The van der Waals surface area contributed by atoms with Crippen LogP contribution in [0.1, 0.15) is 30.8 Å². The highest BCUT2D eigenvalue weighted by atomic mass is 32.2. The van der Waals surface area contributed by atoms with Crippen molar-refractivity contribution in [3.8, 4) is 0 Å². The largest absolute Gasteiger partial charge is 0.461 e. The van der Waals surface area contributed by atoms with E-state index in [9.17, 15) is 9.59 Å². The summed E-state index contributed by atoms with van der Waals surface area (Å²) in [5, 5.41) is 2.75. The van der Waals surface area contributed by atoms with Gasteiger partial charge in [0.05, 0.1) is 6.10 Å². The third kappa shape index (κ3) is 4.92. The predicted molar refractivity (Wildman–Crippen MR) is 80.9 cm³/mol. The number of nitrogens with one attached hydrogen (secondary N) is 1. The molecular formula is C14H22N2O3S. The molecule has 0 fully saturated rings. The number of aryl methyl sites for hydroxylation is 1. The fourth-order valence-corrected chi connectivity index (χ4v) is 2.20. The van der Waals surface area contributed by atoms with E-state index in [1.54, 1.807) is 55.6 Å². The lowest BCUT2D eigenvalue weighted by Gasteiger charge is -2.19. The molecule has 0 aliphatic rings. The monoisotopic (exact) mass is 298 g/mol. The summed E-state index contributed by atoms with van der Waals surface area (Å²) in [5.74, 6) is 0.145. The van der Waals surface area contributed by atoms with Crippen molar-refractivity contribution in [2.24, 2.45) is 7.05 Å². The molecule has 0 aromatic carbocycles. The van der Waals surface area contributed by atoms with Gasteiger partial charge in [0.2, 0.25) is 0 Å². The van der Waals surface area contributed by atoms with Gasteiger partial charge in [0.15, 0.2) is 0 Å². The van der Waals surface area contributed by atoms with Crippen LogP contribution in [0.15, 0.2) is 18.3 Å². The van der Waals surface area contributed by atoms with Crippen LogP contribution in [0, 0.1) is 0 Å². The van der Waals surface area contributed by atoms with Crippen LogP contribution in [0.2, 0.25) is 0 Å². The molecule has 0 aliphatic carbocycles. The number of ether oxygens (including phenoxy) is 1. The number of hydrogen-bond donors (Lipinski definition) is 1. The Balaban J connectivity index is 2.71. The Hall–Kier alpha value is -1.43. The van der Waals surface area contributed by atoms with E-state index in [1.807, 2.05) is 6.26 Å². The Labute approximate surface area is 124 Å². The second-order valence-electron chi connectivity index (χ2n) is 4.80. The van der Waals surface area contributed by atoms with Crippen LogP contribution >= 0.6 is 11.8 Å². The first-order valence-corrected chi connectivity index (χ1v) is 7.96. The molecule has 1 N–H and O–H groups in total. The molecule has 0 radical (unpaired) electrons. The molecule has 0 aliphatic heterocycles. The number of carbonyl (C=O) groups is 2. The van der Waals surface area contributed by atoms with Crippen molar-refractivity contribution in [3.05, 3.63) is 24.0 Å². The minimum Gasteiger partial charge on any atom is -0.461 e. The molecule has 1 amide bonds. The summed E-state index contributed by atoms with van der Waals surface area (Å²) >= 11 is 1.63. The van der Waals surface area contributed by atoms with Gasteiger partial charge in [-0.1, -0.05) is 0 Å². The topological polar surface area (TPSA) is 60.3 Å². The van der Waals surface area contributed by atoms with E-state index in [0.717, 1.165) is 5.75 Å². The molecule has 1 unspecified atom stereocenters. The summed E-state index contributed by atoms with van der Waals surface area (Å²) in [5.41, 5.74) is 0.525. The molecule has 0 bridgehead atoms. The van der Waals surface area contributed by atoms with Crippen LogP contribution < -0.4 is 5.32 Å². The van der Waals surface area contributed by atoms with E-state index in [1.165, 1.54) is 0 Å². The molecule has 6 heteroatoms. The highest BCUT2D eigenvalue weighted by Gasteiger charge is 2.24. The Bertz CT molecular complexity index is 457. The smallest absolute Gasteiger partial charge is 0.328 e. The van der Waals surface area contributed by atoms with Gasteiger partial charge < -0.3 is 14.6 Å². The first kappa shape index (κ1) is 16.6. The highest BCUT2D eigenvalue weighted by molar-refractivity contribution is 7.98. The summed E-state index contributed by atoms with van der Waals surface area (Å²) in [6, 6.07) is 2.90. The Morgan fingerprint density at radius 1 is 1.45 bits per heavy atom. The van der Waals surface area contributed by atoms with Crippen molar-refractivity contribution in [1.82, 2.24) is 9.88 Å². The normalized spacial score (nSPS) is 12.2. The van der Waals surface area contributed by atoms with E-state index >= 15 is 0 Å². The van der Waals surface area contributed by atoms with Gasteiger partial charge >= 0.3 is 5.97 Å². The van der Waals surface area contributed by atoms with Crippen molar-refractivity contribution < 1.29 is 14.3 Å². The van der Waals surface area contributed by atoms with Crippen molar-refractivity contribution in [1.29, 1.82) is 0 Å². The summed E-state index contributed by atoms with van der Waals surface area (Å²) in [4.78, 5) is 24.1. The maximum atomic E-state index is 12.1. The lowest BCUT2D eigenvalue weighted by Crippen LogP contribution is -2.43. The molecular weight excluding hydrogens is 276 g/mol. The lowest BCUT2D eigenvalue weighted by molar-refractivity contribution is -0.149. The van der Waals surface area contributed by atoms with Gasteiger partial charge in [-0.25, -0.2) is 4.79 Å². The molecule has 0 saturated carbocycles. The van der Waals surface area contributed by atoms with Crippen molar-refractivity contribution in [2.75, 3.05) is 12.0 Å². The van der Waals surface area contributed by atoms with Crippen LogP contribution in [0.5, 0.6) is 0 Å². The van der Waals surface area contributed by atoms with Gasteiger partial charge in [0.1, 0.15) is 11.7 Å². The van der Waals surface area contributed by atoms with E-state index in [-0.39, 0.29) is 18.0 Å². The molecule has 0 saturated heterocycles. The minimum atomic E-state index is -0.604. The number of thioether (sulfide) groups is 1. The third-order valence-electron chi connectivity index (χ3n) is 2.73. The Morgan fingerprint density at radius 2 is 2.15 bits per heavy atom. The number of esters is 1. The fourth-order valence-electron chi connectivity index (χ4n) is 1.73. The van der Waals surface area contributed by atoms with Gasteiger partial charge in [-0.2, -0.15) is 11.8 Å². The maximum Gasteiger partial charge on any atom is 0.328 e. The molecule has 5 nitrogen and oxygen atoms in total. The molecule has 20 heavy (non-hydrogen) atoms. The SMILES string of the molecule is CSCCC(NC(=O)c1cccn1C)C(=O)OC(C)C. The molecule has 1 rings (SSSR count). The molecule has 0 spiro atoms. The second kappa shape index (κ2) is 7.99. The zero-order valence-corrected chi connectivity index (χ0v) is 13.2. The van der Waals surface area contributed by atoms with Crippen LogP contribution in [0.25, 0.3) is 0 Å². The van der Waals surface area contributed by atoms with Gasteiger partial charge in [0, 0.05) is 13.2 Å². The zero-order chi connectivity index (χ0) is 15.1. The molecule has 1 atom stereocenters. The van der Waals surface area contributed by atoms with Gasteiger partial charge in [-0.3, -0.25) is 4.79 Å². The van der Waals surface area contributed by atoms with Gasteiger partial charge in [-0.15, -0.1) is 0 Å². The maximum absolute atomic E-state index is 12.1. The number of amides is 1. The van der Waals surface area contributed by atoms with Crippen LogP contribution in [-0.4, -0.2) is 40.6 Å². The summed E-state index contributed by atoms with van der Waals surface area (Å²) in [6.07, 6.45) is 4.12. The molecule has 1 aromatic rings. The van der Waals surface area contributed by atoms with Crippen LogP contribution in [0.4, 0.5) is 0 Å². The zero-order valence-electron chi connectivity index (χ0n) is 12.4. The van der Waals surface area contributed by atoms with Gasteiger partial charge in [-0.05, 0) is 44.4 Å². The number of nitrogens with zero attached hydrogens (tertiary/aromatic N) is 1. The van der Waals surface area contributed by atoms with Crippen molar-refractivity contribution in [2.45, 2.75) is 32.4 Å². The third-order valence-corrected chi connectivity index (χ3v) is 3.37. The highest BCUT2D eigenvalue weighted by Crippen LogP contribution is 2.07. The molecule has 1 aromatic heterocycles. The summed E-state index contributed by atoms with van der Waals surface area (Å²) < 4.78 is 6.91. The molecule has 1 heterocycles. The standard InChI is InChI=1S/C14H22N2O3S/c1-10(2)19-14(18)11(7-9-20-4)15-13(17)12-6-5-8-16(12)3/h5-6,8,10-11H,7,9H2,1-4H3,(H,15,17). The number of hydrogen-bond acceptors (Lipinski definition) is 4. The first-order valence-electron chi connectivity index (χ1n) is 6.57. The number of rotatable bonds is 7. The minimum absolute atomic E-state index is 0.189. The van der Waals surface area contributed by atoms with Crippen LogP contribution in [0.3, 0.4) is 0 Å². The van der Waals surface area contributed by atoms with Crippen molar-refractivity contribution >= 4 is 23.6 Å². The first-order chi connectivity index (χ1) is 9.45. The van der Waals surface area contributed by atoms with Crippen LogP contribution in [-0.2, 0) is 16.6 Å². The Morgan fingerprint density at radius 3 is 2.65 bits per heavy atom. The van der Waals surface area contributed by atoms with Gasteiger partial charge in [0.25, 0.3) is 5.91 Å². The average molecular weight is 298 g/mol. The summed E-state index contributed by atoms with van der Waals surface area (Å²) in [7, 11) is 1.79. The quantitative estimate of drug-likeness (QED) is 0.780. The van der Waals surface area contributed by atoms with E-state index in [2.05, 4.69) is 5.32 Å². The van der Waals surface area contributed by atoms with E-state index < -0.39 is 6.04 Å². The van der Waals surface area contributed by atoms with E-state index in [4.69, 9.17) is 4.74 Å². The average Bonchev–Trinajstić information content (AvgIpc) is 2.79. The van der Waals surface area contributed by atoms with E-state index in [0.29, 0.717) is 12.1 Å². The predicted octanol–water partition coefficient (Wildman–Crippen LogP) is 1.83. The van der Waals surface area contributed by atoms with Crippen molar-refractivity contribution in [3.63, 3.8) is 0 Å². The number of carbonyl (C=O) groups excluding carboxylic acids is 2. The molecule has 112 valence electrons. The fraction of sp³-hybridized carbons (Fsp3) is 0.571.